The Morgan fingerprint density at radius 1 is 1.43 bits per heavy atom. The summed E-state index contributed by atoms with van der Waals surface area (Å²) in [6, 6.07) is 10.5. The maximum absolute atomic E-state index is 11.5. The molecule has 1 aromatic rings. The molecule has 1 saturated heterocycles. The van der Waals surface area contributed by atoms with Gasteiger partial charge in [0.15, 0.2) is 0 Å². The van der Waals surface area contributed by atoms with Crippen molar-refractivity contribution in [2.45, 2.75) is 31.8 Å². The van der Waals surface area contributed by atoms with E-state index in [0.29, 0.717) is 5.92 Å². The number of hydrogen-bond donors (Lipinski definition) is 2. The summed E-state index contributed by atoms with van der Waals surface area (Å²) in [7, 11) is 1.98. The second-order valence-corrected chi connectivity index (χ2v) is 7.00. The number of nitrogens with one attached hydrogen (secondary N) is 1. The predicted octanol–water partition coefficient (Wildman–Crippen LogP) is 1.96. The number of nitrogens with zero attached hydrogens (tertiary/aromatic N) is 1. The molecule has 3 atom stereocenters. The Morgan fingerprint density at radius 2 is 2.14 bits per heavy atom. The lowest BCUT2D eigenvalue weighted by Crippen LogP contribution is -2.48. The molecule has 0 amide bonds. The molecule has 1 aliphatic heterocycles. The average Bonchev–Trinajstić information content (AvgIpc) is 2.90. The first-order valence-electron chi connectivity index (χ1n) is 7.66. The number of benzene rings is 1. The molecule has 0 unspecified atom stereocenters. The molecule has 0 radical (unpaired) electrons. The molecule has 4 nitrogen and oxygen atoms in total. The third kappa shape index (κ3) is 2.47. The van der Waals surface area contributed by atoms with Gasteiger partial charge in [0.05, 0.1) is 5.41 Å². The third-order valence-corrected chi connectivity index (χ3v) is 5.43. The van der Waals surface area contributed by atoms with Crippen molar-refractivity contribution in [3.8, 4) is 0 Å². The van der Waals surface area contributed by atoms with Gasteiger partial charge < -0.3 is 10.4 Å². The van der Waals surface area contributed by atoms with Gasteiger partial charge in [-0.05, 0) is 38.3 Å². The van der Waals surface area contributed by atoms with Gasteiger partial charge in [0.1, 0.15) is 0 Å². The van der Waals surface area contributed by atoms with Crippen molar-refractivity contribution >= 4 is 5.97 Å². The van der Waals surface area contributed by atoms with E-state index in [1.165, 1.54) is 5.56 Å². The highest BCUT2D eigenvalue weighted by atomic mass is 16.4. The van der Waals surface area contributed by atoms with Crippen LogP contribution in [0, 0.1) is 11.3 Å². The molecule has 1 heterocycles. The van der Waals surface area contributed by atoms with Crippen LogP contribution in [-0.4, -0.2) is 41.7 Å². The number of likely N-dealkylation sites (N-methyl/N-ethyl adjacent to an activating group) is 1. The van der Waals surface area contributed by atoms with Crippen LogP contribution in [0.4, 0.5) is 0 Å². The number of carboxylic acid groups (broad SMARTS) is 1. The Hall–Kier alpha value is -1.39. The number of carbonyl (C=O) groups is 1. The predicted molar refractivity (Wildman–Crippen MR) is 82.0 cm³/mol. The monoisotopic (exact) mass is 288 g/mol. The van der Waals surface area contributed by atoms with Crippen molar-refractivity contribution in [2.24, 2.45) is 11.3 Å². The lowest BCUT2D eigenvalue weighted by molar-refractivity contribution is -0.148. The maximum atomic E-state index is 11.5. The smallest absolute Gasteiger partial charge is 0.309 e. The highest BCUT2D eigenvalue weighted by Gasteiger charge is 2.58. The summed E-state index contributed by atoms with van der Waals surface area (Å²) >= 11 is 0. The van der Waals surface area contributed by atoms with E-state index in [2.05, 4.69) is 34.5 Å². The summed E-state index contributed by atoms with van der Waals surface area (Å²) in [6.45, 7) is 4.77. The quantitative estimate of drug-likeness (QED) is 0.889. The van der Waals surface area contributed by atoms with Gasteiger partial charge in [-0.1, -0.05) is 30.3 Å². The normalized spacial score (nSPS) is 35.8. The molecule has 1 aromatic carbocycles. The van der Waals surface area contributed by atoms with E-state index in [4.69, 9.17) is 0 Å². The van der Waals surface area contributed by atoms with Crippen molar-refractivity contribution in [3.63, 3.8) is 0 Å². The van der Waals surface area contributed by atoms with Crippen LogP contribution in [0.3, 0.4) is 0 Å². The minimum atomic E-state index is -0.652. The van der Waals surface area contributed by atoms with Gasteiger partial charge in [0.2, 0.25) is 0 Å². The molecule has 2 fully saturated rings. The fraction of sp³-hybridized carbons (Fsp3) is 0.588. The van der Waals surface area contributed by atoms with Crippen LogP contribution in [0.1, 0.15) is 25.3 Å². The SMILES string of the molecule is CN[C@@]12CN(Cc3ccccc3)C[C@@H]1C[C@](C)(C(=O)O)C2. The largest absolute Gasteiger partial charge is 0.481 e. The first kappa shape index (κ1) is 14.5. The zero-order chi connectivity index (χ0) is 15.1. The van der Waals surface area contributed by atoms with Gasteiger partial charge in [-0.3, -0.25) is 9.69 Å². The summed E-state index contributed by atoms with van der Waals surface area (Å²) in [5, 5.41) is 13.0. The Labute approximate surface area is 126 Å². The highest BCUT2D eigenvalue weighted by Crippen LogP contribution is 2.51. The van der Waals surface area contributed by atoms with E-state index in [0.717, 1.165) is 32.5 Å². The zero-order valence-corrected chi connectivity index (χ0v) is 12.8. The zero-order valence-electron chi connectivity index (χ0n) is 12.8. The molecule has 1 saturated carbocycles. The Bertz CT molecular complexity index is 533. The fourth-order valence-electron chi connectivity index (χ4n) is 4.35. The first-order valence-corrected chi connectivity index (χ1v) is 7.66. The van der Waals surface area contributed by atoms with Crippen LogP contribution in [-0.2, 0) is 11.3 Å². The number of likely N-dealkylation sites (tertiary alicyclic amines) is 1. The standard InChI is InChI=1S/C17H24N2O2/c1-16(15(20)21)8-14-10-19(12-17(14,11-16)18-2)9-13-6-4-3-5-7-13/h3-7,14,18H,8-12H2,1-2H3,(H,20,21)/t14-,16-,17-/m0/s1. The summed E-state index contributed by atoms with van der Waals surface area (Å²) in [5.74, 6) is -0.228. The van der Waals surface area contributed by atoms with Gasteiger partial charge in [0.25, 0.3) is 0 Å². The lowest BCUT2D eigenvalue weighted by Gasteiger charge is -2.30. The van der Waals surface area contributed by atoms with Crippen LogP contribution >= 0.6 is 0 Å². The first-order chi connectivity index (χ1) is 9.97. The van der Waals surface area contributed by atoms with E-state index in [1.54, 1.807) is 0 Å². The Kier molecular flexibility index (Phi) is 3.54. The number of hydrogen-bond acceptors (Lipinski definition) is 3. The van der Waals surface area contributed by atoms with E-state index in [-0.39, 0.29) is 5.54 Å². The van der Waals surface area contributed by atoms with Crippen molar-refractivity contribution in [1.82, 2.24) is 10.2 Å². The van der Waals surface area contributed by atoms with Crippen LogP contribution in [0.5, 0.6) is 0 Å². The molecule has 2 aliphatic rings. The number of carboxylic acids is 1. The van der Waals surface area contributed by atoms with Gasteiger partial charge in [-0.2, -0.15) is 0 Å². The van der Waals surface area contributed by atoms with Crippen LogP contribution < -0.4 is 5.32 Å². The maximum Gasteiger partial charge on any atom is 0.309 e. The second-order valence-electron chi connectivity index (χ2n) is 7.00. The number of fused-ring (bicyclic) bond motifs is 1. The van der Waals surface area contributed by atoms with Crippen molar-refractivity contribution in [2.75, 3.05) is 20.1 Å². The second kappa shape index (κ2) is 5.11. The van der Waals surface area contributed by atoms with Crippen molar-refractivity contribution in [1.29, 1.82) is 0 Å². The van der Waals surface area contributed by atoms with E-state index in [9.17, 15) is 9.90 Å². The summed E-state index contributed by atoms with van der Waals surface area (Å²) < 4.78 is 0. The Balaban J connectivity index is 1.73. The molecule has 0 bridgehead atoms. The van der Waals surface area contributed by atoms with Crippen LogP contribution in [0.2, 0.25) is 0 Å². The van der Waals surface area contributed by atoms with Gasteiger partial charge in [-0.15, -0.1) is 0 Å². The summed E-state index contributed by atoms with van der Waals surface area (Å²) in [5.41, 5.74) is 0.707. The minimum absolute atomic E-state index is 0.0398. The van der Waals surface area contributed by atoms with Gasteiger partial charge >= 0.3 is 5.97 Å². The molecule has 3 rings (SSSR count). The van der Waals surface area contributed by atoms with Crippen LogP contribution in [0.25, 0.3) is 0 Å². The molecule has 1 aliphatic carbocycles. The van der Waals surface area contributed by atoms with Crippen LogP contribution in [0.15, 0.2) is 30.3 Å². The molecular weight excluding hydrogens is 264 g/mol. The molecule has 4 heteroatoms. The minimum Gasteiger partial charge on any atom is -0.481 e. The lowest BCUT2D eigenvalue weighted by atomic mass is 9.85. The van der Waals surface area contributed by atoms with Gasteiger partial charge in [-0.25, -0.2) is 0 Å². The molecule has 2 N–H and O–H groups in total. The van der Waals surface area contributed by atoms with Crippen molar-refractivity contribution in [3.05, 3.63) is 35.9 Å². The van der Waals surface area contributed by atoms with E-state index < -0.39 is 11.4 Å². The summed E-state index contributed by atoms with van der Waals surface area (Å²) in [6.07, 6.45) is 1.50. The molecule has 0 aromatic heterocycles. The molecular formula is C17H24N2O2. The molecule has 0 spiro atoms. The van der Waals surface area contributed by atoms with E-state index in [1.807, 2.05) is 20.0 Å². The third-order valence-electron chi connectivity index (χ3n) is 5.43. The topological polar surface area (TPSA) is 52.6 Å². The number of aliphatic carboxylic acids is 1. The van der Waals surface area contributed by atoms with Crippen molar-refractivity contribution < 1.29 is 9.90 Å². The molecule has 21 heavy (non-hydrogen) atoms. The highest BCUT2D eigenvalue weighted by molar-refractivity contribution is 5.75. The Morgan fingerprint density at radius 3 is 2.71 bits per heavy atom. The van der Waals surface area contributed by atoms with Gasteiger partial charge in [0, 0.05) is 25.2 Å². The molecule has 114 valence electrons. The average molecular weight is 288 g/mol. The summed E-state index contributed by atoms with van der Waals surface area (Å²) in [4.78, 5) is 14.0. The van der Waals surface area contributed by atoms with E-state index >= 15 is 0 Å². The fourth-order valence-corrected chi connectivity index (χ4v) is 4.35. The number of rotatable bonds is 4.